The molecule has 0 radical (unpaired) electrons. The van der Waals surface area contributed by atoms with E-state index in [1.165, 1.54) is 4.31 Å². The van der Waals surface area contributed by atoms with Gasteiger partial charge in [-0.15, -0.1) is 0 Å². The van der Waals surface area contributed by atoms with Crippen molar-refractivity contribution in [3.05, 3.63) is 59.9 Å². The lowest BCUT2D eigenvalue weighted by Gasteiger charge is -2.34. The summed E-state index contributed by atoms with van der Waals surface area (Å²) in [6, 6.07) is 10.5. The third-order valence-corrected chi connectivity index (χ3v) is 7.17. The molecule has 0 aliphatic carbocycles. The number of hydrogen-bond donors (Lipinski definition) is 0. The van der Waals surface area contributed by atoms with Crippen molar-refractivity contribution < 1.29 is 8.42 Å². The first kappa shape index (κ1) is 19.5. The van der Waals surface area contributed by atoms with Gasteiger partial charge < -0.3 is 4.90 Å². The van der Waals surface area contributed by atoms with Crippen LogP contribution in [-0.4, -0.2) is 58.4 Å². The Hall–Kier alpha value is -2.78. The zero-order valence-electron chi connectivity index (χ0n) is 16.8. The summed E-state index contributed by atoms with van der Waals surface area (Å²) in [5.74, 6) is 2.24. The summed E-state index contributed by atoms with van der Waals surface area (Å²) in [4.78, 5) is 15.9. The Balaban J connectivity index is 1.54. The number of anilines is 1. The Bertz CT molecular complexity index is 1120. The van der Waals surface area contributed by atoms with Crippen LogP contribution < -0.4 is 4.90 Å². The lowest BCUT2D eigenvalue weighted by atomic mass is 10.3. The van der Waals surface area contributed by atoms with Gasteiger partial charge in [0.25, 0.3) is 0 Å². The second-order valence-corrected chi connectivity index (χ2v) is 9.06. The van der Waals surface area contributed by atoms with Gasteiger partial charge in [-0.3, -0.25) is 4.57 Å². The van der Waals surface area contributed by atoms with Crippen LogP contribution >= 0.6 is 0 Å². The number of nitrogens with zero attached hydrogens (tertiary/aromatic N) is 6. The fraction of sp³-hybridized carbons (Fsp3) is 0.350. The van der Waals surface area contributed by atoms with E-state index >= 15 is 0 Å². The molecule has 152 valence electrons. The molecule has 1 aliphatic rings. The summed E-state index contributed by atoms with van der Waals surface area (Å²) >= 11 is 0. The molecular formula is C20H24N6O2S. The number of benzene rings is 1. The molecule has 0 N–H and O–H groups in total. The SMILES string of the molecule is Cc1nc(N2CCN(S(=O)(=O)c3ccccc3)CC2)cc(-n2cnc(C)c2C)n1. The van der Waals surface area contributed by atoms with Crippen molar-refractivity contribution in [3.63, 3.8) is 0 Å². The third kappa shape index (κ3) is 3.75. The van der Waals surface area contributed by atoms with Gasteiger partial charge in [-0.05, 0) is 32.9 Å². The van der Waals surface area contributed by atoms with Crippen LogP contribution in [0, 0.1) is 20.8 Å². The number of aryl methyl sites for hydroxylation is 2. The highest BCUT2D eigenvalue weighted by molar-refractivity contribution is 7.89. The molecule has 0 atom stereocenters. The molecule has 0 amide bonds. The average Bonchev–Trinajstić information content (AvgIpc) is 3.07. The molecule has 0 spiro atoms. The number of piperazine rings is 1. The molecule has 2 aromatic heterocycles. The van der Waals surface area contributed by atoms with Crippen molar-refractivity contribution in [3.8, 4) is 5.82 Å². The van der Waals surface area contributed by atoms with E-state index in [0.29, 0.717) is 36.9 Å². The van der Waals surface area contributed by atoms with Gasteiger partial charge in [-0.2, -0.15) is 4.31 Å². The van der Waals surface area contributed by atoms with Gasteiger partial charge in [0.2, 0.25) is 10.0 Å². The van der Waals surface area contributed by atoms with Gasteiger partial charge in [0.1, 0.15) is 23.8 Å². The maximum atomic E-state index is 12.8. The summed E-state index contributed by atoms with van der Waals surface area (Å²) in [5.41, 5.74) is 2.00. The largest absolute Gasteiger partial charge is 0.354 e. The summed E-state index contributed by atoms with van der Waals surface area (Å²) in [6.07, 6.45) is 1.76. The van der Waals surface area contributed by atoms with Crippen LogP contribution in [0.25, 0.3) is 5.82 Å². The average molecular weight is 413 g/mol. The molecule has 1 aromatic carbocycles. The molecule has 0 bridgehead atoms. The molecule has 4 rings (SSSR count). The number of hydrogen-bond acceptors (Lipinski definition) is 6. The molecular weight excluding hydrogens is 388 g/mol. The third-order valence-electron chi connectivity index (χ3n) is 5.25. The van der Waals surface area contributed by atoms with Gasteiger partial charge in [-0.1, -0.05) is 18.2 Å². The number of sulfonamides is 1. The van der Waals surface area contributed by atoms with E-state index < -0.39 is 10.0 Å². The standard InChI is InChI=1S/C20H24N6O2S/c1-15-16(2)26(14-21-15)20-13-19(22-17(3)23-20)24-9-11-25(12-10-24)29(27,28)18-7-5-4-6-8-18/h4-8,13-14H,9-12H2,1-3H3. The molecule has 0 saturated carbocycles. The van der Waals surface area contributed by atoms with Crippen molar-refractivity contribution >= 4 is 15.8 Å². The topological polar surface area (TPSA) is 84.2 Å². The van der Waals surface area contributed by atoms with Crippen LogP contribution in [-0.2, 0) is 10.0 Å². The molecule has 1 fully saturated rings. The smallest absolute Gasteiger partial charge is 0.243 e. The van der Waals surface area contributed by atoms with Crippen molar-refractivity contribution in [2.45, 2.75) is 25.7 Å². The van der Waals surface area contributed by atoms with Gasteiger partial charge in [0, 0.05) is 37.9 Å². The number of aromatic nitrogens is 4. The molecule has 29 heavy (non-hydrogen) atoms. The minimum atomic E-state index is -3.47. The highest BCUT2D eigenvalue weighted by atomic mass is 32.2. The van der Waals surface area contributed by atoms with E-state index in [2.05, 4.69) is 19.9 Å². The first-order valence-corrected chi connectivity index (χ1v) is 11.0. The summed E-state index contributed by atoms with van der Waals surface area (Å²) in [6.45, 7) is 7.81. The van der Waals surface area contributed by atoms with Crippen molar-refractivity contribution in [1.29, 1.82) is 0 Å². The minimum absolute atomic E-state index is 0.333. The molecule has 0 unspecified atom stereocenters. The van der Waals surface area contributed by atoms with E-state index in [4.69, 9.17) is 0 Å². The Labute approximate surface area is 170 Å². The molecule has 3 aromatic rings. The lowest BCUT2D eigenvalue weighted by Crippen LogP contribution is -2.49. The Morgan fingerprint density at radius 2 is 1.55 bits per heavy atom. The number of imidazole rings is 1. The van der Waals surface area contributed by atoms with Crippen LogP contribution in [0.2, 0.25) is 0 Å². The van der Waals surface area contributed by atoms with Gasteiger partial charge in [0.05, 0.1) is 10.6 Å². The number of rotatable bonds is 4. The van der Waals surface area contributed by atoms with Gasteiger partial charge in [0.15, 0.2) is 0 Å². The fourth-order valence-electron chi connectivity index (χ4n) is 3.45. The van der Waals surface area contributed by atoms with Crippen LogP contribution in [0.15, 0.2) is 47.6 Å². The van der Waals surface area contributed by atoms with Gasteiger partial charge in [-0.25, -0.2) is 23.4 Å². The van der Waals surface area contributed by atoms with Crippen molar-refractivity contribution in [1.82, 2.24) is 23.8 Å². The van der Waals surface area contributed by atoms with E-state index in [0.717, 1.165) is 23.0 Å². The van der Waals surface area contributed by atoms with Crippen molar-refractivity contribution in [2.75, 3.05) is 31.1 Å². The van der Waals surface area contributed by atoms with Crippen LogP contribution in [0.4, 0.5) is 5.82 Å². The first-order valence-electron chi connectivity index (χ1n) is 9.53. The van der Waals surface area contributed by atoms with E-state index in [1.807, 2.05) is 37.5 Å². The van der Waals surface area contributed by atoms with E-state index in [9.17, 15) is 8.42 Å². The highest BCUT2D eigenvalue weighted by Crippen LogP contribution is 2.22. The summed E-state index contributed by atoms with van der Waals surface area (Å²) in [5, 5.41) is 0. The van der Waals surface area contributed by atoms with Crippen LogP contribution in [0.3, 0.4) is 0 Å². The second-order valence-electron chi connectivity index (χ2n) is 7.12. The van der Waals surface area contributed by atoms with E-state index in [1.54, 1.807) is 30.6 Å². The molecule has 3 heterocycles. The summed E-state index contributed by atoms with van der Waals surface area (Å²) < 4.78 is 29.2. The molecule has 9 heteroatoms. The van der Waals surface area contributed by atoms with Crippen LogP contribution in [0.5, 0.6) is 0 Å². The zero-order valence-corrected chi connectivity index (χ0v) is 17.6. The minimum Gasteiger partial charge on any atom is -0.354 e. The second kappa shape index (κ2) is 7.57. The Morgan fingerprint density at radius 1 is 0.897 bits per heavy atom. The van der Waals surface area contributed by atoms with E-state index in [-0.39, 0.29) is 0 Å². The highest BCUT2D eigenvalue weighted by Gasteiger charge is 2.29. The predicted molar refractivity (Wildman–Crippen MR) is 111 cm³/mol. The first-order chi connectivity index (χ1) is 13.9. The van der Waals surface area contributed by atoms with Crippen LogP contribution in [0.1, 0.15) is 17.2 Å². The Kier molecular flexibility index (Phi) is 5.10. The molecule has 1 aliphatic heterocycles. The maximum Gasteiger partial charge on any atom is 0.243 e. The van der Waals surface area contributed by atoms with Crippen molar-refractivity contribution in [2.24, 2.45) is 0 Å². The predicted octanol–water partition coefficient (Wildman–Crippen LogP) is 2.10. The normalized spacial score (nSPS) is 15.6. The monoisotopic (exact) mass is 412 g/mol. The quantitative estimate of drug-likeness (QED) is 0.653. The summed E-state index contributed by atoms with van der Waals surface area (Å²) in [7, 11) is -3.47. The maximum absolute atomic E-state index is 12.8. The zero-order chi connectivity index (χ0) is 20.6. The lowest BCUT2D eigenvalue weighted by molar-refractivity contribution is 0.383. The van der Waals surface area contributed by atoms with Gasteiger partial charge >= 0.3 is 0 Å². The fourth-order valence-corrected chi connectivity index (χ4v) is 4.89. The Morgan fingerprint density at radius 3 is 2.17 bits per heavy atom. The molecule has 8 nitrogen and oxygen atoms in total. The molecule has 1 saturated heterocycles.